The Hall–Kier alpha value is -1.82. The van der Waals surface area contributed by atoms with E-state index in [4.69, 9.17) is 20.3 Å². The maximum atomic E-state index is 13.4. The van der Waals surface area contributed by atoms with Gasteiger partial charge in [0.15, 0.2) is 11.6 Å². The molecule has 0 spiro atoms. The molecule has 1 aromatic rings. The van der Waals surface area contributed by atoms with Gasteiger partial charge in [-0.25, -0.2) is 4.39 Å². The van der Waals surface area contributed by atoms with Crippen LogP contribution >= 0.6 is 0 Å². The molecule has 1 aromatic carbocycles. The molecule has 0 saturated heterocycles. The monoisotopic (exact) mass is 229 g/mol. The number of hydrogen-bond acceptors (Lipinski definition) is 4. The summed E-state index contributed by atoms with van der Waals surface area (Å²) in [6.07, 6.45) is 0. The average Bonchev–Trinajstić information content (AvgIpc) is 2.27. The zero-order valence-electron chi connectivity index (χ0n) is 8.86. The summed E-state index contributed by atoms with van der Waals surface area (Å²) in [6, 6.07) is 1.02. The minimum atomic E-state index is -1.40. The molecule has 0 saturated carbocycles. The zero-order chi connectivity index (χ0) is 12.3. The molecule has 88 valence electrons. The van der Waals surface area contributed by atoms with Gasteiger partial charge in [-0.1, -0.05) is 0 Å². The number of aliphatic carboxylic acids is 1. The molecule has 1 atom stereocenters. The molecule has 0 heterocycles. The zero-order valence-corrected chi connectivity index (χ0v) is 8.86. The first-order valence-corrected chi connectivity index (χ1v) is 4.41. The van der Waals surface area contributed by atoms with Crippen LogP contribution in [0.15, 0.2) is 12.1 Å². The summed E-state index contributed by atoms with van der Waals surface area (Å²) in [5.41, 5.74) is 5.42. The lowest BCUT2D eigenvalue weighted by Gasteiger charge is -2.16. The summed E-state index contributed by atoms with van der Waals surface area (Å²) >= 11 is 0. The van der Waals surface area contributed by atoms with Gasteiger partial charge in [-0.15, -0.1) is 0 Å². The lowest BCUT2D eigenvalue weighted by Crippen LogP contribution is -2.22. The van der Waals surface area contributed by atoms with E-state index >= 15 is 0 Å². The second kappa shape index (κ2) is 4.80. The summed E-state index contributed by atoms with van der Waals surface area (Å²) in [7, 11) is 2.57. The molecule has 0 aliphatic heterocycles. The van der Waals surface area contributed by atoms with Crippen molar-refractivity contribution in [3.63, 3.8) is 0 Å². The molecule has 0 bridgehead atoms. The van der Waals surface area contributed by atoms with Crippen LogP contribution in [0.4, 0.5) is 4.39 Å². The fraction of sp³-hybridized carbons (Fsp3) is 0.300. The van der Waals surface area contributed by atoms with Gasteiger partial charge in [-0.2, -0.15) is 0 Å². The van der Waals surface area contributed by atoms with Crippen LogP contribution in [0.3, 0.4) is 0 Å². The molecule has 5 nitrogen and oxygen atoms in total. The second-order valence-electron chi connectivity index (χ2n) is 3.01. The minimum absolute atomic E-state index is 0.0162. The summed E-state index contributed by atoms with van der Waals surface area (Å²) in [6.45, 7) is 0. The largest absolute Gasteiger partial charge is 0.496 e. The third kappa shape index (κ3) is 2.06. The molecule has 0 aliphatic carbocycles. The van der Waals surface area contributed by atoms with E-state index in [1.807, 2.05) is 0 Å². The van der Waals surface area contributed by atoms with E-state index in [1.165, 1.54) is 20.3 Å². The highest BCUT2D eigenvalue weighted by molar-refractivity contribution is 5.78. The third-order valence-corrected chi connectivity index (χ3v) is 2.11. The Morgan fingerprint density at radius 3 is 2.50 bits per heavy atom. The highest BCUT2D eigenvalue weighted by Gasteiger charge is 2.25. The Bertz CT molecular complexity index is 408. The lowest BCUT2D eigenvalue weighted by molar-refractivity contribution is -0.138. The average molecular weight is 229 g/mol. The molecule has 1 rings (SSSR count). The highest BCUT2D eigenvalue weighted by Crippen LogP contribution is 2.35. The second-order valence-corrected chi connectivity index (χ2v) is 3.01. The number of nitrogens with two attached hydrogens (primary N) is 1. The van der Waals surface area contributed by atoms with Gasteiger partial charge in [0.2, 0.25) is 0 Å². The van der Waals surface area contributed by atoms with Crippen LogP contribution in [0.25, 0.3) is 0 Å². The van der Waals surface area contributed by atoms with Crippen LogP contribution in [0.1, 0.15) is 11.6 Å². The molecule has 1 unspecified atom stereocenters. The highest BCUT2D eigenvalue weighted by atomic mass is 19.1. The summed E-state index contributed by atoms with van der Waals surface area (Å²) < 4.78 is 23.1. The van der Waals surface area contributed by atoms with E-state index in [1.54, 1.807) is 0 Å². The first-order chi connectivity index (χ1) is 7.52. The van der Waals surface area contributed by atoms with Gasteiger partial charge in [0.25, 0.3) is 0 Å². The molecule has 0 radical (unpaired) electrons. The summed E-state index contributed by atoms with van der Waals surface area (Å²) in [5.74, 6) is -2.01. The van der Waals surface area contributed by atoms with Crippen LogP contribution < -0.4 is 15.2 Å². The van der Waals surface area contributed by atoms with Crippen molar-refractivity contribution < 1.29 is 23.8 Å². The number of methoxy groups -OCH3 is 2. The van der Waals surface area contributed by atoms with Crippen LogP contribution in [-0.2, 0) is 4.79 Å². The molecule has 3 N–H and O–H groups in total. The van der Waals surface area contributed by atoms with Gasteiger partial charge in [-0.3, -0.25) is 4.79 Å². The van der Waals surface area contributed by atoms with E-state index in [-0.39, 0.29) is 17.1 Å². The van der Waals surface area contributed by atoms with Crippen molar-refractivity contribution in [1.29, 1.82) is 0 Å². The van der Waals surface area contributed by atoms with Crippen LogP contribution in [0.5, 0.6) is 11.5 Å². The Balaban J connectivity index is 3.41. The van der Waals surface area contributed by atoms with Crippen molar-refractivity contribution in [2.75, 3.05) is 14.2 Å². The first kappa shape index (κ1) is 12.3. The quantitative estimate of drug-likeness (QED) is 0.802. The van der Waals surface area contributed by atoms with Gasteiger partial charge >= 0.3 is 5.97 Å². The third-order valence-electron chi connectivity index (χ3n) is 2.11. The number of rotatable bonds is 4. The van der Waals surface area contributed by atoms with E-state index in [2.05, 4.69) is 0 Å². The van der Waals surface area contributed by atoms with Gasteiger partial charge in [0.1, 0.15) is 11.8 Å². The predicted molar refractivity (Wildman–Crippen MR) is 54.1 cm³/mol. The molecule has 6 heteroatoms. The smallest absolute Gasteiger partial charge is 0.325 e. The molecule has 16 heavy (non-hydrogen) atoms. The van der Waals surface area contributed by atoms with Crippen molar-refractivity contribution >= 4 is 5.97 Å². The Morgan fingerprint density at radius 1 is 1.44 bits per heavy atom. The van der Waals surface area contributed by atoms with Gasteiger partial charge in [-0.05, 0) is 12.1 Å². The number of carboxylic acid groups (broad SMARTS) is 1. The Kier molecular flexibility index (Phi) is 3.68. The normalized spacial score (nSPS) is 12.0. The summed E-state index contributed by atoms with van der Waals surface area (Å²) in [5, 5.41) is 8.81. The van der Waals surface area contributed by atoms with Crippen molar-refractivity contribution in [3.8, 4) is 11.5 Å². The molecule has 0 fully saturated rings. The van der Waals surface area contributed by atoms with E-state index < -0.39 is 17.8 Å². The number of hydrogen-bond donors (Lipinski definition) is 2. The van der Waals surface area contributed by atoms with Crippen LogP contribution in [-0.4, -0.2) is 25.3 Å². The predicted octanol–water partition coefficient (Wildman–Crippen LogP) is 0.927. The molecule has 0 aromatic heterocycles. The van der Waals surface area contributed by atoms with Gasteiger partial charge < -0.3 is 20.3 Å². The van der Waals surface area contributed by atoms with Crippen molar-refractivity contribution in [2.24, 2.45) is 5.73 Å². The molecular formula is C10H12FNO4. The lowest BCUT2D eigenvalue weighted by atomic mass is 10.0. The fourth-order valence-electron chi connectivity index (χ4n) is 1.36. The standard InChI is InChI=1S/C10H12FNO4/c1-15-6-4-3-5(11)9(16-2)7(6)8(12)10(13)14/h3-4,8H,12H2,1-2H3,(H,13,14). The van der Waals surface area contributed by atoms with E-state index in [9.17, 15) is 9.18 Å². The van der Waals surface area contributed by atoms with Crippen molar-refractivity contribution in [3.05, 3.63) is 23.5 Å². The Labute approximate surface area is 91.6 Å². The topological polar surface area (TPSA) is 81.8 Å². The Morgan fingerprint density at radius 2 is 2.06 bits per heavy atom. The molecular weight excluding hydrogens is 217 g/mol. The van der Waals surface area contributed by atoms with E-state index in [0.717, 1.165) is 6.07 Å². The maximum Gasteiger partial charge on any atom is 0.325 e. The summed E-state index contributed by atoms with van der Waals surface area (Å²) in [4.78, 5) is 10.8. The molecule has 0 aliphatic rings. The van der Waals surface area contributed by atoms with Gasteiger partial charge in [0.05, 0.1) is 19.8 Å². The van der Waals surface area contributed by atoms with E-state index in [0.29, 0.717) is 0 Å². The molecule has 0 amide bonds. The number of halogens is 1. The number of benzene rings is 1. The SMILES string of the molecule is COc1ccc(F)c(OC)c1C(N)C(=O)O. The number of carbonyl (C=O) groups is 1. The maximum absolute atomic E-state index is 13.4. The van der Waals surface area contributed by atoms with Gasteiger partial charge in [0, 0.05) is 0 Å². The number of ether oxygens (including phenoxy) is 2. The van der Waals surface area contributed by atoms with Crippen LogP contribution in [0, 0.1) is 5.82 Å². The van der Waals surface area contributed by atoms with Crippen LogP contribution in [0.2, 0.25) is 0 Å². The van der Waals surface area contributed by atoms with Crippen molar-refractivity contribution in [1.82, 2.24) is 0 Å². The first-order valence-electron chi connectivity index (χ1n) is 4.41. The number of carboxylic acids is 1. The fourth-order valence-corrected chi connectivity index (χ4v) is 1.36. The van der Waals surface area contributed by atoms with Crippen molar-refractivity contribution in [2.45, 2.75) is 6.04 Å². The minimum Gasteiger partial charge on any atom is -0.496 e.